The largest absolute Gasteiger partial charge is 0.448 e. The summed E-state index contributed by atoms with van der Waals surface area (Å²) in [5.74, 6) is -0.874. The number of halogens is 1. The van der Waals surface area contributed by atoms with Gasteiger partial charge in [-0.25, -0.2) is 4.79 Å². The second kappa shape index (κ2) is 7.68. The fourth-order valence-electron chi connectivity index (χ4n) is 2.94. The zero-order valence-corrected chi connectivity index (χ0v) is 16.3. The molecular formula is C19H21ClN2O3S. The number of thiophene rings is 1. The van der Waals surface area contributed by atoms with Crippen LogP contribution in [-0.4, -0.2) is 29.4 Å². The van der Waals surface area contributed by atoms with E-state index in [-0.39, 0.29) is 17.4 Å². The lowest BCUT2D eigenvalue weighted by Crippen LogP contribution is -2.45. The van der Waals surface area contributed by atoms with Gasteiger partial charge >= 0.3 is 5.97 Å². The van der Waals surface area contributed by atoms with Gasteiger partial charge in [0.15, 0.2) is 6.10 Å². The highest BCUT2D eigenvalue weighted by Crippen LogP contribution is 2.26. The van der Waals surface area contributed by atoms with E-state index in [1.54, 1.807) is 28.4 Å². The van der Waals surface area contributed by atoms with Crippen LogP contribution in [0.15, 0.2) is 29.6 Å². The Labute approximate surface area is 161 Å². The molecule has 1 aromatic heterocycles. The predicted octanol–water partition coefficient (Wildman–Crippen LogP) is 3.75. The van der Waals surface area contributed by atoms with Gasteiger partial charge in [-0.15, -0.1) is 11.3 Å². The quantitative estimate of drug-likeness (QED) is 0.635. The summed E-state index contributed by atoms with van der Waals surface area (Å²) >= 11 is 7.61. The number of carbonyl (C=O) groups is 2. The number of benzene rings is 1. The summed E-state index contributed by atoms with van der Waals surface area (Å²) in [4.78, 5) is 28.5. The van der Waals surface area contributed by atoms with Crippen LogP contribution < -0.4 is 5.73 Å². The maximum absolute atomic E-state index is 13.0. The van der Waals surface area contributed by atoms with Crippen LogP contribution in [0.2, 0.25) is 5.02 Å². The molecule has 2 heterocycles. The molecule has 1 aliphatic rings. The van der Waals surface area contributed by atoms with Crippen molar-refractivity contribution in [3.05, 3.63) is 50.7 Å². The summed E-state index contributed by atoms with van der Waals surface area (Å²) in [6.45, 7) is 4.94. The first-order chi connectivity index (χ1) is 12.4. The molecule has 2 aromatic rings. The number of hydrogen-bond donors (Lipinski definition) is 1. The highest BCUT2D eigenvalue weighted by Gasteiger charge is 2.33. The first-order valence-electron chi connectivity index (χ1n) is 8.47. The van der Waals surface area contributed by atoms with Gasteiger partial charge in [0.1, 0.15) is 0 Å². The van der Waals surface area contributed by atoms with E-state index in [9.17, 15) is 9.59 Å². The fourth-order valence-corrected chi connectivity index (χ4v) is 3.95. The third-order valence-electron chi connectivity index (χ3n) is 4.43. The SMILES string of the molecule is CC(C)C(OC(=O)c1ccc(Cl)c(N)c1)C(=O)N1CCc2sccc2C1. The molecule has 3 rings (SSSR count). The number of anilines is 1. The first kappa shape index (κ1) is 18.7. The summed E-state index contributed by atoms with van der Waals surface area (Å²) in [6, 6.07) is 6.60. The number of hydrogen-bond acceptors (Lipinski definition) is 5. The minimum Gasteiger partial charge on any atom is -0.448 e. The number of carbonyl (C=O) groups excluding carboxylic acids is 2. The Morgan fingerprint density at radius 3 is 2.77 bits per heavy atom. The van der Waals surface area contributed by atoms with E-state index in [4.69, 9.17) is 22.1 Å². The molecule has 0 bridgehead atoms. The van der Waals surface area contributed by atoms with Crippen LogP contribution in [0, 0.1) is 5.92 Å². The van der Waals surface area contributed by atoms with Crippen LogP contribution in [0.25, 0.3) is 0 Å². The van der Waals surface area contributed by atoms with E-state index in [0.717, 1.165) is 6.42 Å². The third-order valence-corrected chi connectivity index (χ3v) is 5.80. The number of nitrogens with two attached hydrogens (primary N) is 1. The van der Waals surface area contributed by atoms with Gasteiger partial charge < -0.3 is 15.4 Å². The molecule has 7 heteroatoms. The van der Waals surface area contributed by atoms with Gasteiger partial charge in [-0.2, -0.15) is 0 Å². The molecule has 0 spiro atoms. The number of nitrogen functional groups attached to an aromatic ring is 1. The van der Waals surface area contributed by atoms with Crippen molar-refractivity contribution in [3.63, 3.8) is 0 Å². The zero-order valence-electron chi connectivity index (χ0n) is 14.7. The van der Waals surface area contributed by atoms with Gasteiger partial charge in [0.25, 0.3) is 5.91 Å². The Hall–Kier alpha value is -2.05. The molecule has 1 atom stereocenters. The number of fused-ring (bicyclic) bond motifs is 1. The average Bonchev–Trinajstić information content (AvgIpc) is 3.08. The molecule has 0 radical (unpaired) electrons. The number of rotatable bonds is 4. The molecule has 5 nitrogen and oxygen atoms in total. The fraction of sp³-hybridized carbons (Fsp3) is 0.368. The van der Waals surface area contributed by atoms with Gasteiger partial charge in [-0.05, 0) is 47.5 Å². The smallest absolute Gasteiger partial charge is 0.338 e. The minimum atomic E-state index is -0.834. The van der Waals surface area contributed by atoms with Crippen LogP contribution in [-0.2, 0) is 22.5 Å². The lowest BCUT2D eigenvalue weighted by molar-refractivity contribution is -0.144. The molecule has 26 heavy (non-hydrogen) atoms. The third kappa shape index (κ3) is 3.86. The van der Waals surface area contributed by atoms with E-state index in [1.165, 1.54) is 16.5 Å². The molecule has 138 valence electrons. The molecule has 1 amide bonds. The molecule has 0 fully saturated rings. The monoisotopic (exact) mass is 392 g/mol. The van der Waals surface area contributed by atoms with Gasteiger partial charge in [-0.1, -0.05) is 25.4 Å². The van der Waals surface area contributed by atoms with Crippen molar-refractivity contribution in [2.24, 2.45) is 5.92 Å². The molecule has 1 unspecified atom stereocenters. The van der Waals surface area contributed by atoms with Crippen molar-refractivity contribution >= 4 is 40.5 Å². The Kier molecular flexibility index (Phi) is 5.53. The summed E-state index contributed by atoms with van der Waals surface area (Å²) in [5.41, 5.74) is 7.50. The van der Waals surface area contributed by atoms with Gasteiger partial charge in [0.2, 0.25) is 0 Å². The number of ether oxygens (including phenoxy) is 1. The lowest BCUT2D eigenvalue weighted by Gasteiger charge is -2.31. The summed E-state index contributed by atoms with van der Waals surface area (Å²) in [7, 11) is 0. The van der Waals surface area contributed by atoms with Gasteiger partial charge in [0, 0.05) is 18.0 Å². The van der Waals surface area contributed by atoms with Crippen LogP contribution >= 0.6 is 22.9 Å². The maximum Gasteiger partial charge on any atom is 0.338 e. The summed E-state index contributed by atoms with van der Waals surface area (Å²) < 4.78 is 5.55. The number of amides is 1. The van der Waals surface area contributed by atoms with E-state index >= 15 is 0 Å². The second-order valence-electron chi connectivity index (χ2n) is 6.69. The zero-order chi connectivity index (χ0) is 18.8. The Morgan fingerprint density at radius 1 is 1.31 bits per heavy atom. The van der Waals surface area contributed by atoms with Crippen LogP contribution in [0.3, 0.4) is 0 Å². The molecule has 0 saturated heterocycles. The Morgan fingerprint density at radius 2 is 2.08 bits per heavy atom. The van der Waals surface area contributed by atoms with Crippen molar-refractivity contribution < 1.29 is 14.3 Å². The van der Waals surface area contributed by atoms with Crippen molar-refractivity contribution in [1.82, 2.24) is 4.90 Å². The van der Waals surface area contributed by atoms with Gasteiger partial charge in [-0.3, -0.25) is 4.79 Å². The topological polar surface area (TPSA) is 72.6 Å². The van der Waals surface area contributed by atoms with E-state index < -0.39 is 12.1 Å². The standard InChI is InChI=1S/C19H21ClN2O3S/c1-11(2)17(25-19(24)12-3-4-14(20)15(21)9-12)18(23)22-7-5-16-13(10-22)6-8-26-16/h3-4,6,8-9,11,17H,5,7,10,21H2,1-2H3. The normalized spacial score (nSPS) is 14.8. The lowest BCUT2D eigenvalue weighted by atomic mass is 10.0. The highest BCUT2D eigenvalue weighted by molar-refractivity contribution is 7.10. The molecule has 2 N–H and O–H groups in total. The number of esters is 1. The minimum absolute atomic E-state index is 0.139. The number of nitrogens with zero attached hydrogens (tertiary/aromatic N) is 1. The van der Waals surface area contributed by atoms with Crippen LogP contribution in [0.5, 0.6) is 0 Å². The van der Waals surface area contributed by atoms with E-state index in [0.29, 0.717) is 23.8 Å². The van der Waals surface area contributed by atoms with Crippen molar-refractivity contribution in [2.75, 3.05) is 12.3 Å². The van der Waals surface area contributed by atoms with Gasteiger partial charge in [0.05, 0.1) is 16.3 Å². The highest BCUT2D eigenvalue weighted by atomic mass is 35.5. The van der Waals surface area contributed by atoms with Crippen LogP contribution in [0.4, 0.5) is 5.69 Å². The Bertz CT molecular complexity index is 834. The molecule has 1 aliphatic heterocycles. The molecular weight excluding hydrogens is 372 g/mol. The van der Waals surface area contributed by atoms with Crippen molar-refractivity contribution in [2.45, 2.75) is 32.9 Å². The summed E-state index contributed by atoms with van der Waals surface area (Å²) in [5, 5.41) is 2.42. The maximum atomic E-state index is 13.0. The van der Waals surface area contributed by atoms with E-state index in [1.807, 2.05) is 25.3 Å². The molecule has 0 aliphatic carbocycles. The Balaban J connectivity index is 1.73. The molecule has 1 aromatic carbocycles. The van der Waals surface area contributed by atoms with E-state index in [2.05, 4.69) is 0 Å². The van der Waals surface area contributed by atoms with Crippen molar-refractivity contribution in [3.8, 4) is 0 Å². The van der Waals surface area contributed by atoms with Crippen LogP contribution in [0.1, 0.15) is 34.6 Å². The second-order valence-corrected chi connectivity index (χ2v) is 8.09. The van der Waals surface area contributed by atoms with Crippen molar-refractivity contribution in [1.29, 1.82) is 0 Å². The molecule has 0 saturated carbocycles. The predicted molar refractivity (Wildman–Crippen MR) is 103 cm³/mol. The first-order valence-corrected chi connectivity index (χ1v) is 9.72. The average molecular weight is 393 g/mol. The summed E-state index contributed by atoms with van der Waals surface area (Å²) in [6.07, 6.45) is 0.00480.